The second-order valence-electron chi connectivity index (χ2n) is 3.39. The molecule has 0 aliphatic heterocycles. The highest BCUT2D eigenvalue weighted by molar-refractivity contribution is 5.22. The molecular weight excluding hydrogens is 176 g/mol. The molecule has 72 valence electrons. The number of hydrogen-bond donors (Lipinski definition) is 1. The Hall–Kier alpha value is -1.77. The normalized spacial score (nSPS) is 10.4. The van der Waals surface area contributed by atoms with Gasteiger partial charge in [0.1, 0.15) is 0 Å². The zero-order valence-electron chi connectivity index (χ0n) is 8.01. The number of aromatic hydroxyl groups is 1. The predicted octanol–water partition coefficient (Wildman–Crippen LogP) is 1.95. The zero-order chi connectivity index (χ0) is 9.97. The van der Waals surface area contributed by atoms with Crippen molar-refractivity contribution in [3.8, 4) is 5.75 Å². The minimum Gasteiger partial charge on any atom is -0.505 e. The van der Waals surface area contributed by atoms with Gasteiger partial charge < -0.3 is 5.11 Å². The molecule has 0 saturated carbocycles. The van der Waals surface area contributed by atoms with Crippen LogP contribution in [0.1, 0.15) is 11.1 Å². The SMILES string of the molecule is Cc1cccc(Cn2cc(O)cn2)c1. The van der Waals surface area contributed by atoms with E-state index in [2.05, 4.69) is 24.2 Å². The lowest BCUT2D eigenvalue weighted by molar-refractivity contribution is 0.474. The molecule has 0 radical (unpaired) electrons. The first-order valence-electron chi connectivity index (χ1n) is 4.51. The number of hydrogen-bond acceptors (Lipinski definition) is 2. The van der Waals surface area contributed by atoms with Crippen molar-refractivity contribution in [3.63, 3.8) is 0 Å². The van der Waals surface area contributed by atoms with Gasteiger partial charge in [-0.15, -0.1) is 0 Å². The first-order chi connectivity index (χ1) is 6.74. The standard InChI is InChI=1S/C11H12N2O/c1-9-3-2-4-10(5-9)7-13-8-11(14)6-12-13/h2-6,8,14H,7H2,1H3. The molecule has 1 aromatic heterocycles. The topological polar surface area (TPSA) is 38.0 Å². The van der Waals surface area contributed by atoms with Crippen LogP contribution in [0.3, 0.4) is 0 Å². The van der Waals surface area contributed by atoms with Crippen molar-refractivity contribution in [2.45, 2.75) is 13.5 Å². The Morgan fingerprint density at radius 3 is 2.93 bits per heavy atom. The van der Waals surface area contributed by atoms with Crippen LogP contribution in [-0.2, 0) is 6.54 Å². The fourth-order valence-corrected chi connectivity index (χ4v) is 1.44. The summed E-state index contributed by atoms with van der Waals surface area (Å²) in [5.41, 5.74) is 2.42. The summed E-state index contributed by atoms with van der Waals surface area (Å²) >= 11 is 0. The van der Waals surface area contributed by atoms with Gasteiger partial charge in [-0.2, -0.15) is 5.10 Å². The highest BCUT2D eigenvalue weighted by atomic mass is 16.3. The molecule has 0 saturated heterocycles. The van der Waals surface area contributed by atoms with E-state index in [1.165, 1.54) is 17.3 Å². The van der Waals surface area contributed by atoms with E-state index in [4.69, 9.17) is 5.11 Å². The third-order valence-corrected chi connectivity index (χ3v) is 2.05. The van der Waals surface area contributed by atoms with Crippen LogP contribution in [0.15, 0.2) is 36.7 Å². The van der Waals surface area contributed by atoms with Crippen LogP contribution in [0.2, 0.25) is 0 Å². The number of aryl methyl sites for hydroxylation is 1. The molecule has 0 fully saturated rings. The van der Waals surface area contributed by atoms with E-state index in [1.54, 1.807) is 10.9 Å². The summed E-state index contributed by atoms with van der Waals surface area (Å²) in [6.07, 6.45) is 3.05. The fourth-order valence-electron chi connectivity index (χ4n) is 1.44. The molecule has 0 atom stereocenters. The van der Waals surface area contributed by atoms with E-state index in [0.717, 1.165) is 0 Å². The van der Waals surface area contributed by atoms with Crippen molar-refractivity contribution >= 4 is 0 Å². The number of nitrogens with zero attached hydrogens (tertiary/aromatic N) is 2. The molecule has 3 nitrogen and oxygen atoms in total. The molecule has 1 N–H and O–H groups in total. The summed E-state index contributed by atoms with van der Waals surface area (Å²) < 4.78 is 1.71. The molecule has 1 heterocycles. The molecule has 0 aliphatic rings. The molecule has 0 spiro atoms. The Bertz CT molecular complexity index is 434. The van der Waals surface area contributed by atoms with Gasteiger partial charge >= 0.3 is 0 Å². The van der Waals surface area contributed by atoms with Crippen LogP contribution in [0.5, 0.6) is 5.75 Å². The quantitative estimate of drug-likeness (QED) is 0.782. The van der Waals surface area contributed by atoms with Gasteiger partial charge in [-0.1, -0.05) is 29.8 Å². The molecule has 0 bridgehead atoms. The molecule has 2 rings (SSSR count). The second-order valence-corrected chi connectivity index (χ2v) is 3.39. The molecule has 0 unspecified atom stereocenters. The maximum Gasteiger partial charge on any atom is 0.153 e. The Morgan fingerprint density at radius 1 is 1.43 bits per heavy atom. The molecule has 0 amide bonds. The van der Waals surface area contributed by atoms with E-state index in [1.807, 2.05) is 12.1 Å². The number of benzene rings is 1. The maximum absolute atomic E-state index is 9.10. The Kier molecular flexibility index (Phi) is 2.23. The lowest BCUT2D eigenvalue weighted by Crippen LogP contribution is -1.99. The third kappa shape index (κ3) is 1.93. The van der Waals surface area contributed by atoms with Gasteiger partial charge in [0.15, 0.2) is 5.75 Å². The molecular formula is C11H12N2O. The van der Waals surface area contributed by atoms with Crippen molar-refractivity contribution in [1.82, 2.24) is 9.78 Å². The number of rotatable bonds is 2. The maximum atomic E-state index is 9.10. The van der Waals surface area contributed by atoms with E-state index < -0.39 is 0 Å². The minimum absolute atomic E-state index is 0.206. The Labute approximate surface area is 82.6 Å². The van der Waals surface area contributed by atoms with Crippen LogP contribution in [0, 0.1) is 6.92 Å². The summed E-state index contributed by atoms with van der Waals surface area (Å²) in [6.45, 7) is 2.76. The van der Waals surface area contributed by atoms with Crippen molar-refractivity contribution in [2.75, 3.05) is 0 Å². The van der Waals surface area contributed by atoms with Gasteiger partial charge in [0.2, 0.25) is 0 Å². The van der Waals surface area contributed by atoms with Gasteiger partial charge in [-0.3, -0.25) is 4.68 Å². The van der Waals surface area contributed by atoms with Crippen LogP contribution >= 0.6 is 0 Å². The fraction of sp³-hybridized carbons (Fsp3) is 0.182. The van der Waals surface area contributed by atoms with Gasteiger partial charge in [0.25, 0.3) is 0 Å². The van der Waals surface area contributed by atoms with Gasteiger partial charge in [0.05, 0.1) is 18.9 Å². The lowest BCUT2D eigenvalue weighted by Gasteiger charge is -2.02. The largest absolute Gasteiger partial charge is 0.505 e. The highest BCUT2D eigenvalue weighted by Crippen LogP contribution is 2.09. The van der Waals surface area contributed by atoms with Crippen molar-refractivity contribution in [3.05, 3.63) is 47.8 Å². The van der Waals surface area contributed by atoms with Gasteiger partial charge in [-0.25, -0.2) is 0 Å². The zero-order valence-corrected chi connectivity index (χ0v) is 8.01. The summed E-state index contributed by atoms with van der Waals surface area (Å²) in [5.74, 6) is 0.206. The summed E-state index contributed by atoms with van der Waals surface area (Å²) in [4.78, 5) is 0. The monoisotopic (exact) mass is 188 g/mol. The van der Waals surface area contributed by atoms with E-state index in [-0.39, 0.29) is 5.75 Å². The average molecular weight is 188 g/mol. The Morgan fingerprint density at radius 2 is 2.29 bits per heavy atom. The average Bonchev–Trinajstić information content (AvgIpc) is 2.51. The molecule has 14 heavy (non-hydrogen) atoms. The van der Waals surface area contributed by atoms with Crippen LogP contribution in [-0.4, -0.2) is 14.9 Å². The molecule has 3 heteroatoms. The first-order valence-corrected chi connectivity index (χ1v) is 4.51. The highest BCUT2D eigenvalue weighted by Gasteiger charge is 1.97. The van der Waals surface area contributed by atoms with E-state index in [0.29, 0.717) is 6.54 Å². The smallest absolute Gasteiger partial charge is 0.153 e. The molecule has 1 aromatic carbocycles. The Balaban J connectivity index is 2.18. The van der Waals surface area contributed by atoms with E-state index >= 15 is 0 Å². The third-order valence-electron chi connectivity index (χ3n) is 2.05. The number of aromatic nitrogens is 2. The van der Waals surface area contributed by atoms with Crippen LogP contribution in [0.25, 0.3) is 0 Å². The predicted molar refractivity (Wildman–Crippen MR) is 54.2 cm³/mol. The summed E-state index contributed by atoms with van der Waals surface area (Å²) in [7, 11) is 0. The lowest BCUT2D eigenvalue weighted by atomic mass is 10.1. The van der Waals surface area contributed by atoms with Crippen LogP contribution in [0.4, 0.5) is 0 Å². The van der Waals surface area contributed by atoms with Gasteiger partial charge in [0, 0.05) is 0 Å². The second kappa shape index (κ2) is 3.54. The summed E-state index contributed by atoms with van der Waals surface area (Å²) in [5, 5.41) is 13.1. The van der Waals surface area contributed by atoms with Gasteiger partial charge in [-0.05, 0) is 12.5 Å². The summed E-state index contributed by atoms with van der Waals surface area (Å²) in [6, 6.07) is 8.24. The van der Waals surface area contributed by atoms with Crippen molar-refractivity contribution < 1.29 is 5.11 Å². The van der Waals surface area contributed by atoms with Crippen LogP contribution < -0.4 is 0 Å². The molecule has 0 aliphatic carbocycles. The molecule has 2 aromatic rings. The van der Waals surface area contributed by atoms with Crippen molar-refractivity contribution in [1.29, 1.82) is 0 Å². The minimum atomic E-state index is 0.206. The van der Waals surface area contributed by atoms with E-state index in [9.17, 15) is 0 Å². The van der Waals surface area contributed by atoms with Crippen molar-refractivity contribution in [2.24, 2.45) is 0 Å². The first kappa shape index (κ1) is 8.81.